The number of carbonyl (C=O) groups is 1. The van der Waals surface area contributed by atoms with Crippen molar-refractivity contribution in [1.82, 2.24) is 5.32 Å². The predicted octanol–water partition coefficient (Wildman–Crippen LogP) is 4.43. The summed E-state index contributed by atoms with van der Waals surface area (Å²) in [5.41, 5.74) is 6.08. The van der Waals surface area contributed by atoms with Gasteiger partial charge in [-0.25, -0.2) is 4.99 Å². The second kappa shape index (κ2) is 12.9. The maximum atomic E-state index is 12.7. The molecule has 0 atom stereocenters. The van der Waals surface area contributed by atoms with E-state index < -0.39 is 11.7 Å². The number of carbonyl (C=O) groups excluding carboxylic acids is 1. The van der Waals surface area contributed by atoms with Gasteiger partial charge in [-0.15, -0.1) is 0 Å². The highest BCUT2D eigenvalue weighted by Gasteiger charge is 2.22. The summed E-state index contributed by atoms with van der Waals surface area (Å²) in [6.45, 7) is 6.44. The second-order valence-electron chi connectivity index (χ2n) is 7.17. The molecule has 0 bridgehead atoms. The molecular weight excluding hydrogens is 404 g/mol. The summed E-state index contributed by atoms with van der Waals surface area (Å²) in [4.78, 5) is 17.3. The van der Waals surface area contributed by atoms with Crippen LogP contribution in [-0.2, 0) is 4.79 Å². The van der Waals surface area contributed by atoms with E-state index in [0.717, 1.165) is 12.8 Å². The number of methoxy groups -OCH3 is 1. The van der Waals surface area contributed by atoms with E-state index in [1.807, 2.05) is 20.8 Å². The number of allylic oxidation sites excluding steroid dienone is 1. The van der Waals surface area contributed by atoms with E-state index in [4.69, 9.17) is 15.9 Å². The third kappa shape index (κ3) is 7.72. The van der Waals surface area contributed by atoms with Gasteiger partial charge in [0, 0.05) is 18.6 Å². The van der Waals surface area contributed by atoms with Crippen LogP contribution in [0.4, 0.5) is 5.69 Å². The smallest absolute Gasteiger partial charge is 0.258 e. The van der Waals surface area contributed by atoms with Crippen LogP contribution in [-0.4, -0.2) is 40.8 Å². The molecule has 1 aromatic carbocycles. The van der Waals surface area contributed by atoms with Gasteiger partial charge in [0.25, 0.3) is 5.91 Å². The molecule has 166 valence electrons. The first-order valence-corrected chi connectivity index (χ1v) is 10.7. The minimum Gasteiger partial charge on any atom is -0.505 e. The Morgan fingerprint density at radius 2 is 2.10 bits per heavy atom. The van der Waals surface area contributed by atoms with E-state index in [1.54, 1.807) is 18.2 Å². The zero-order valence-electron chi connectivity index (χ0n) is 18.0. The maximum Gasteiger partial charge on any atom is 0.258 e. The number of aliphatic hydroxyl groups excluding tert-OH is 1. The Kier molecular flexibility index (Phi) is 11.0. The molecule has 0 saturated carbocycles. The van der Waals surface area contributed by atoms with Crippen molar-refractivity contribution < 1.29 is 19.2 Å². The average Bonchev–Trinajstić information content (AvgIpc) is 2.72. The number of hydrogen-bond acceptors (Lipinski definition) is 7. The van der Waals surface area contributed by atoms with Gasteiger partial charge in [-0.1, -0.05) is 27.2 Å². The van der Waals surface area contributed by atoms with Gasteiger partial charge in [0.15, 0.2) is 5.76 Å². The molecule has 0 aliphatic rings. The molecule has 0 aromatic heterocycles. The van der Waals surface area contributed by atoms with E-state index in [-0.39, 0.29) is 17.1 Å². The van der Waals surface area contributed by atoms with Crippen molar-refractivity contribution in [3.8, 4) is 5.75 Å². The summed E-state index contributed by atoms with van der Waals surface area (Å²) < 4.78 is 14.7. The molecule has 30 heavy (non-hydrogen) atoms. The minimum absolute atomic E-state index is 0.0750. The number of benzene rings is 1. The normalized spacial score (nSPS) is 12.5. The fraction of sp³-hybridized carbons (Fsp3) is 0.476. The van der Waals surface area contributed by atoms with Crippen molar-refractivity contribution in [1.29, 1.82) is 5.41 Å². The lowest BCUT2D eigenvalue weighted by Crippen LogP contribution is -2.34. The van der Waals surface area contributed by atoms with Crippen LogP contribution in [0.5, 0.6) is 5.75 Å². The number of rotatable bonds is 12. The number of ether oxygens (including phenoxy) is 1. The first-order chi connectivity index (χ1) is 14.2. The SMILES string of the molecule is CCCCNC(=O)/C(C(N)=Nc1ccc(OC)cc1SO)=C(/O)C(=N)CCC(C)C. The van der Waals surface area contributed by atoms with Crippen molar-refractivity contribution >= 4 is 35.2 Å². The third-order valence-electron chi connectivity index (χ3n) is 4.30. The topological polar surface area (TPSA) is 141 Å². The van der Waals surface area contributed by atoms with Crippen LogP contribution in [0.15, 0.2) is 39.4 Å². The Hall–Kier alpha value is -2.52. The lowest BCUT2D eigenvalue weighted by atomic mass is 10.0. The molecule has 1 rings (SSSR count). The van der Waals surface area contributed by atoms with E-state index in [1.165, 1.54) is 7.11 Å². The largest absolute Gasteiger partial charge is 0.505 e. The zero-order valence-corrected chi connectivity index (χ0v) is 18.8. The molecule has 0 radical (unpaired) electrons. The molecule has 0 spiro atoms. The van der Waals surface area contributed by atoms with E-state index in [0.29, 0.717) is 53.7 Å². The van der Waals surface area contributed by atoms with Crippen LogP contribution in [0.2, 0.25) is 0 Å². The molecule has 1 amide bonds. The quantitative estimate of drug-likeness (QED) is 0.0819. The molecule has 8 nitrogen and oxygen atoms in total. The van der Waals surface area contributed by atoms with Crippen LogP contribution >= 0.6 is 12.0 Å². The van der Waals surface area contributed by atoms with E-state index in [2.05, 4.69) is 10.3 Å². The molecule has 0 aliphatic heterocycles. The van der Waals surface area contributed by atoms with Crippen LogP contribution in [0, 0.1) is 11.3 Å². The summed E-state index contributed by atoms with van der Waals surface area (Å²) in [5.74, 6) is -0.457. The molecule has 0 fully saturated rings. The van der Waals surface area contributed by atoms with Crippen LogP contribution < -0.4 is 15.8 Å². The van der Waals surface area contributed by atoms with Gasteiger partial charge in [-0.05, 0) is 43.4 Å². The van der Waals surface area contributed by atoms with Gasteiger partial charge in [0.05, 0.1) is 23.4 Å². The van der Waals surface area contributed by atoms with Crippen molar-refractivity contribution in [2.75, 3.05) is 13.7 Å². The fourth-order valence-corrected chi connectivity index (χ4v) is 2.86. The molecule has 0 saturated heterocycles. The highest BCUT2D eigenvalue weighted by Crippen LogP contribution is 2.32. The number of nitrogens with one attached hydrogen (secondary N) is 2. The zero-order chi connectivity index (χ0) is 22.7. The number of hydrogen-bond donors (Lipinski definition) is 5. The van der Waals surface area contributed by atoms with Gasteiger partial charge in [-0.2, -0.15) is 0 Å². The second-order valence-corrected chi connectivity index (χ2v) is 7.79. The van der Waals surface area contributed by atoms with Gasteiger partial charge < -0.3 is 30.9 Å². The Morgan fingerprint density at radius 1 is 1.40 bits per heavy atom. The van der Waals surface area contributed by atoms with Crippen LogP contribution in [0.1, 0.15) is 46.5 Å². The lowest BCUT2D eigenvalue weighted by molar-refractivity contribution is -0.117. The number of amidine groups is 1. The average molecular weight is 437 g/mol. The summed E-state index contributed by atoms with van der Waals surface area (Å²) in [6.07, 6.45) is 2.66. The fourth-order valence-electron chi connectivity index (χ4n) is 2.49. The molecule has 1 aromatic rings. The third-order valence-corrected chi connectivity index (χ3v) is 4.82. The van der Waals surface area contributed by atoms with Crippen molar-refractivity contribution in [3.63, 3.8) is 0 Å². The molecule has 9 heteroatoms. The monoisotopic (exact) mass is 436 g/mol. The summed E-state index contributed by atoms with van der Waals surface area (Å²) in [6, 6.07) is 4.80. The summed E-state index contributed by atoms with van der Waals surface area (Å²) >= 11 is 0.466. The highest BCUT2D eigenvalue weighted by molar-refractivity contribution is 7.94. The number of aliphatic imine (C=N–C) groups is 1. The number of nitrogens with zero attached hydrogens (tertiary/aromatic N) is 1. The number of unbranched alkanes of at least 4 members (excludes halogenated alkanes) is 1. The van der Waals surface area contributed by atoms with Crippen LogP contribution in [0.3, 0.4) is 0 Å². The lowest BCUT2D eigenvalue weighted by Gasteiger charge is -2.13. The standard InChI is InChI=1S/C21H32N4O4S/c1-5-6-11-24-21(27)18(19(26)15(22)9-7-13(2)3)20(23)25-16-10-8-14(29-4)12-17(16)30-28/h8,10,12-13,22,26,28H,5-7,9,11H2,1-4H3,(H2,23,25)(H,24,27)/b19-18+,22-15?. The summed E-state index contributed by atoms with van der Waals surface area (Å²) in [5, 5.41) is 21.5. The molecule has 0 aliphatic carbocycles. The molecule has 6 N–H and O–H groups in total. The van der Waals surface area contributed by atoms with E-state index in [9.17, 15) is 14.5 Å². The van der Waals surface area contributed by atoms with Gasteiger partial charge >= 0.3 is 0 Å². The predicted molar refractivity (Wildman–Crippen MR) is 122 cm³/mol. The molecule has 0 heterocycles. The van der Waals surface area contributed by atoms with Crippen LogP contribution in [0.25, 0.3) is 0 Å². The first-order valence-electron chi connectivity index (χ1n) is 9.88. The molecule has 0 unspecified atom stereocenters. The van der Waals surface area contributed by atoms with Gasteiger partial charge in [-0.3, -0.25) is 4.79 Å². The van der Waals surface area contributed by atoms with Crippen molar-refractivity contribution in [2.45, 2.75) is 51.3 Å². The summed E-state index contributed by atoms with van der Waals surface area (Å²) in [7, 11) is 1.50. The Balaban J connectivity index is 3.35. The van der Waals surface area contributed by atoms with Gasteiger partial charge in [0.2, 0.25) is 0 Å². The van der Waals surface area contributed by atoms with Crippen molar-refractivity contribution in [3.05, 3.63) is 29.5 Å². The Labute approximate surface area is 182 Å². The molecular formula is C21H32N4O4S. The number of aliphatic hydroxyl groups is 1. The van der Waals surface area contributed by atoms with Crippen molar-refractivity contribution in [2.24, 2.45) is 16.6 Å². The maximum absolute atomic E-state index is 12.7. The number of nitrogens with two attached hydrogens (primary N) is 1. The number of amides is 1. The minimum atomic E-state index is -0.594. The van der Waals surface area contributed by atoms with E-state index >= 15 is 0 Å². The Bertz CT molecular complexity index is 806. The highest BCUT2D eigenvalue weighted by atomic mass is 32.2. The van der Waals surface area contributed by atoms with Gasteiger partial charge in [0.1, 0.15) is 17.2 Å². The Morgan fingerprint density at radius 3 is 2.67 bits per heavy atom. The first kappa shape index (κ1) is 25.5.